The summed E-state index contributed by atoms with van der Waals surface area (Å²) in [5.41, 5.74) is 3.03. The molecule has 0 saturated carbocycles. The molecule has 3 aromatic carbocycles. The van der Waals surface area contributed by atoms with Crippen molar-refractivity contribution < 1.29 is 24.0 Å². The highest BCUT2D eigenvalue weighted by molar-refractivity contribution is 6.07. The molecular weight excluding hydrogens is 436 g/mol. The summed E-state index contributed by atoms with van der Waals surface area (Å²) in [6, 6.07) is 18.7. The van der Waals surface area contributed by atoms with E-state index in [0.29, 0.717) is 22.2 Å². The number of ether oxygens (including phenoxy) is 2. The van der Waals surface area contributed by atoms with Crippen LogP contribution in [0.4, 0.5) is 5.69 Å². The molecule has 0 aliphatic carbocycles. The van der Waals surface area contributed by atoms with Gasteiger partial charge in [-0.1, -0.05) is 24.3 Å². The van der Waals surface area contributed by atoms with Gasteiger partial charge in [-0.25, -0.2) is 9.59 Å². The van der Waals surface area contributed by atoms with Crippen LogP contribution in [0, 0.1) is 24.0 Å². The number of hydrogen-bond donors (Lipinski definition) is 0. The van der Waals surface area contributed by atoms with Gasteiger partial charge in [0.15, 0.2) is 0 Å². The number of fused-ring (bicyclic) bond motifs is 1. The molecule has 0 spiro atoms. The number of nitrogens with zero attached hydrogens (tertiary/aromatic N) is 2. The molecule has 1 aromatic heterocycles. The standard InChI is InChI=1S/C26H22N2O6/c1-4-33-26(30)24-17(3)27(19-8-6-5-7-9-19)22-13-12-20(15-21(22)24)34-25(29)18-11-10-16(2)23(14-18)28(31)32/h5-15H,4H2,1-3H3. The van der Waals surface area contributed by atoms with Crippen LogP contribution >= 0.6 is 0 Å². The van der Waals surface area contributed by atoms with Crippen molar-refractivity contribution in [2.75, 3.05) is 6.61 Å². The molecule has 172 valence electrons. The Morgan fingerprint density at radius 3 is 2.38 bits per heavy atom. The molecule has 0 saturated heterocycles. The Hall–Kier alpha value is -4.46. The quantitative estimate of drug-likeness (QED) is 0.162. The second-order valence-electron chi connectivity index (χ2n) is 7.68. The third-order valence-corrected chi connectivity index (χ3v) is 5.52. The summed E-state index contributed by atoms with van der Waals surface area (Å²) in [6.45, 7) is 5.38. The van der Waals surface area contributed by atoms with Crippen molar-refractivity contribution in [3.63, 3.8) is 0 Å². The molecular formula is C26H22N2O6. The first-order valence-electron chi connectivity index (χ1n) is 10.7. The summed E-state index contributed by atoms with van der Waals surface area (Å²) in [4.78, 5) is 36.2. The van der Waals surface area contributed by atoms with E-state index in [-0.39, 0.29) is 23.6 Å². The molecule has 0 unspecified atom stereocenters. The Kier molecular flexibility index (Phi) is 6.14. The maximum atomic E-state index is 12.8. The maximum absolute atomic E-state index is 12.8. The Bertz CT molecular complexity index is 1420. The van der Waals surface area contributed by atoms with Crippen molar-refractivity contribution in [1.29, 1.82) is 0 Å². The van der Waals surface area contributed by atoms with Gasteiger partial charge in [0.2, 0.25) is 0 Å². The van der Waals surface area contributed by atoms with Crippen molar-refractivity contribution in [1.82, 2.24) is 4.57 Å². The molecule has 0 N–H and O–H groups in total. The lowest BCUT2D eigenvalue weighted by molar-refractivity contribution is -0.385. The fourth-order valence-electron chi connectivity index (χ4n) is 3.93. The molecule has 1 heterocycles. The zero-order chi connectivity index (χ0) is 24.4. The topological polar surface area (TPSA) is 101 Å². The predicted octanol–water partition coefficient (Wildman–Crippen LogP) is 5.55. The van der Waals surface area contributed by atoms with Crippen LogP contribution in [0.3, 0.4) is 0 Å². The fraction of sp³-hybridized carbons (Fsp3) is 0.154. The van der Waals surface area contributed by atoms with E-state index in [1.54, 1.807) is 32.0 Å². The lowest BCUT2D eigenvalue weighted by atomic mass is 10.1. The number of aryl methyl sites for hydroxylation is 1. The zero-order valence-electron chi connectivity index (χ0n) is 18.9. The van der Waals surface area contributed by atoms with Crippen LogP contribution in [0.5, 0.6) is 5.75 Å². The van der Waals surface area contributed by atoms with E-state index in [9.17, 15) is 19.7 Å². The van der Waals surface area contributed by atoms with Gasteiger partial charge in [-0.3, -0.25) is 10.1 Å². The molecule has 0 bridgehead atoms. The molecule has 0 aliphatic rings. The number of esters is 2. The fourth-order valence-corrected chi connectivity index (χ4v) is 3.93. The lowest BCUT2D eigenvalue weighted by Crippen LogP contribution is -2.09. The molecule has 0 radical (unpaired) electrons. The average molecular weight is 458 g/mol. The molecule has 0 fully saturated rings. The largest absolute Gasteiger partial charge is 0.462 e. The molecule has 4 aromatic rings. The second kappa shape index (κ2) is 9.19. The minimum absolute atomic E-state index is 0.0565. The monoisotopic (exact) mass is 458 g/mol. The minimum atomic E-state index is -0.737. The summed E-state index contributed by atoms with van der Waals surface area (Å²) in [6.07, 6.45) is 0. The summed E-state index contributed by atoms with van der Waals surface area (Å²) in [5, 5.41) is 11.8. The number of benzene rings is 3. The maximum Gasteiger partial charge on any atom is 0.343 e. The smallest absolute Gasteiger partial charge is 0.343 e. The number of carbonyl (C=O) groups is 2. The zero-order valence-corrected chi connectivity index (χ0v) is 18.9. The summed E-state index contributed by atoms with van der Waals surface area (Å²) >= 11 is 0. The van der Waals surface area contributed by atoms with Gasteiger partial charge in [-0.05, 0) is 57.2 Å². The summed E-state index contributed by atoms with van der Waals surface area (Å²) in [7, 11) is 0. The minimum Gasteiger partial charge on any atom is -0.462 e. The number of hydrogen-bond acceptors (Lipinski definition) is 6. The van der Waals surface area contributed by atoms with Gasteiger partial charge < -0.3 is 14.0 Å². The first kappa shape index (κ1) is 22.7. The van der Waals surface area contributed by atoms with Crippen LogP contribution in [-0.4, -0.2) is 28.0 Å². The second-order valence-corrected chi connectivity index (χ2v) is 7.68. The van der Waals surface area contributed by atoms with E-state index in [1.165, 1.54) is 18.2 Å². The van der Waals surface area contributed by atoms with E-state index >= 15 is 0 Å². The molecule has 0 amide bonds. The van der Waals surface area contributed by atoms with Crippen molar-refractivity contribution in [2.45, 2.75) is 20.8 Å². The third kappa shape index (κ3) is 4.13. The Morgan fingerprint density at radius 1 is 0.971 bits per heavy atom. The van der Waals surface area contributed by atoms with Gasteiger partial charge in [0, 0.05) is 28.4 Å². The average Bonchev–Trinajstić information content (AvgIpc) is 3.10. The highest BCUT2D eigenvalue weighted by atomic mass is 16.6. The highest BCUT2D eigenvalue weighted by Crippen LogP contribution is 2.33. The van der Waals surface area contributed by atoms with E-state index in [2.05, 4.69) is 0 Å². The van der Waals surface area contributed by atoms with Crippen LogP contribution in [0.1, 0.15) is 38.9 Å². The Morgan fingerprint density at radius 2 is 1.71 bits per heavy atom. The van der Waals surface area contributed by atoms with Gasteiger partial charge in [-0.15, -0.1) is 0 Å². The lowest BCUT2D eigenvalue weighted by Gasteiger charge is -2.09. The summed E-state index contributed by atoms with van der Waals surface area (Å²) < 4.78 is 12.7. The third-order valence-electron chi connectivity index (χ3n) is 5.52. The Labute approximate surface area is 195 Å². The van der Waals surface area contributed by atoms with Crippen LogP contribution in [0.15, 0.2) is 66.7 Å². The molecule has 4 rings (SSSR count). The van der Waals surface area contributed by atoms with Crippen LogP contribution in [-0.2, 0) is 4.74 Å². The number of nitro groups is 1. The van der Waals surface area contributed by atoms with Gasteiger partial charge in [0.25, 0.3) is 5.69 Å². The number of para-hydroxylation sites is 1. The van der Waals surface area contributed by atoms with Crippen LogP contribution < -0.4 is 4.74 Å². The molecule has 8 nitrogen and oxygen atoms in total. The van der Waals surface area contributed by atoms with E-state index < -0.39 is 16.9 Å². The summed E-state index contributed by atoms with van der Waals surface area (Å²) in [5.74, 6) is -1.01. The highest BCUT2D eigenvalue weighted by Gasteiger charge is 2.23. The van der Waals surface area contributed by atoms with Crippen molar-refractivity contribution >= 4 is 28.5 Å². The van der Waals surface area contributed by atoms with Crippen LogP contribution in [0.25, 0.3) is 16.6 Å². The van der Waals surface area contributed by atoms with Gasteiger partial charge in [0.1, 0.15) is 5.75 Å². The van der Waals surface area contributed by atoms with E-state index in [4.69, 9.17) is 9.47 Å². The SMILES string of the molecule is CCOC(=O)c1c(C)n(-c2ccccc2)c2ccc(OC(=O)c3ccc(C)c([N+](=O)[O-])c3)cc12. The number of carbonyl (C=O) groups excluding carboxylic acids is 2. The van der Waals surface area contributed by atoms with Crippen LogP contribution in [0.2, 0.25) is 0 Å². The first-order valence-corrected chi connectivity index (χ1v) is 10.7. The molecule has 0 atom stereocenters. The normalized spacial score (nSPS) is 10.8. The van der Waals surface area contributed by atoms with Gasteiger partial charge in [-0.2, -0.15) is 0 Å². The van der Waals surface area contributed by atoms with Crippen molar-refractivity contribution in [3.05, 3.63) is 99.2 Å². The van der Waals surface area contributed by atoms with Crippen molar-refractivity contribution in [3.8, 4) is 11.4 Å². The molecule has 0 aliphatic heterocycles. The van der Waals surface area contributed by atoms with E-state index in [0.717, 1.165) is 11.2 Å². The molecule has 34 heavy (non-hydrogen) atoms. The van der Waals surface area contributed by atoms with E-state index in [1.807, 2.05) is 41.8 Å². The Balaban J connectivity index is 1.78. The number of rotatable bonds is 6. The first-order chi connectivity index (χ1) is 16.3. The van der Waals surface area contributed by atoms with Gasteiger partial charge in [0.05, 0.1) is 28.2 Å². The van der Waals surface area contributed by atoms with Crippen molar-refractivity contribution in [2.24, 2.45) is 0 Å². The number of aromatic nitrogens is 1. The predicted molar refractivity (Wildman–Crippen MR) is 127 cm³/mol. The van der Waals surface area contributed by atoms with Gasteiger partial charge >= 0.3 is 11.9 Å². The molecule has 8 heteroatoms. The number of nitro benzene ring substituents is 1.